The molecule has 0 amide bonds. The van der Waals surface area contributed by atoms with Gasteiger partial charge in [-0.3, -0.25) is 9.78 Å². The van der Waals surface area contributed by atoms with Gasteiger partial charge in [0.15, 0.2) is 0 Å². The SMILES string of the molecule is Nc1c(C(=O)c2ccc(Cl)s2)sc2nc(-c3cccnc3)cc(C(F)F)c12. The van der Waals surface area contributed by atoms with E-state index < -0.39 is 6.43 Å². The standard InChI is InChI=1S/C18H10ClF2N3OS2/c19-12-4-3-11(26-12)15(25)16-14(22)13-9(17(20)21)6-10(24-18(13)27-16)8-2-1-5-23-7-8/h1-7,17H,22H2. The summed E-state index contributed by atoms with van der Waals surface area (Å²) in [6.45, 7) is 0. The molecule has 4 heterocycles. The van der Waals surface area contributed by atoms with Crippen LogP contribution in [0.2, 0.25) is 4.34 Å². The molecule has 4 aromatic rings. The van der Waals surface area contributed by atoms with Crippen LogP contribution < -0.4 is 5.73 Å². The highest BCUT2D eigenvalue weighted by Gasteiger charge is 2.25. The van der Waals surface area contributed by atoms with Gasteiger partial charge in [0.05, 0.1) is 20.6 Å². The van der Waals surface area contributed by atoms with E-state index in [2.05, 4.69) is 9.97 Å². The number of halogens is 3. The number of ketones is 1. The molecular formula is C18H10ClF2N3OS2. The van der Waals surface area contributed by atoms with Crippen LogP contribution in [-0.2, 0) is 0 Å². The maximum atomic E-state index is 13.7. The highest BCUT2D eigenvalue weighted by atomic mass is 35.5. The lowest BCUT2D eigenvalue weighted by atomic mass is 10.1. The first-order valence-electron chi connectivity index (χ1n) is 7.67. The molecule has 0 saturated carbocycles. The summed E-state index contributed by atoms with van der Waals surface area (Å²) in [5.74, 6) is -0.351. The van der Waals surface area contributed by atoms with Crippen LogP contribution in [0.15, 0.2) is 42.7 Å². The number of fused-ring (bicyclic) bond motifs is 1. The van der Waals surface area contributed by atoms with Gasteiger partial charge < -0.3 is 5.73 Å². The zero-order valence-corrected chi connectivity index (χ0v) is 15.8. The quantitative estimate of drug-likeness (QED) is 0.421. The third-order valence-corrected chi connectivity index (χ3v) is 6.25. The molecule has 4 nitrogen and oxygen atoms in total. The smallest absolute Gasteiger partial charge is 0.264 e. The van der Waals surface area contributed by atoms with Crippen molar-refractivity contribution in [1.29, 1.82) is 0 Å². The summed E-state index contributed by atoms with van der Waals surface area (Å²) in [5.41, 5.74) is 6.81. The molecule has 0 fully saturated rings. The zero-order chi connectivity index (χ0) is 19.1. The molecule has 0 unspecified atom stereocenters. The lowest BCUT2D eigenvalue weighted by Gasteiger charge is -2.07. The van der Waals surface area contributed by atoms with Gasteiger partial charge in [-0.05, 0) is 30.3 Å². The molecule has 0 spiro atoms. The normalized spacial score (nSPS) is 11.4. The second kappa shape index (κ2) is 6.95. The Bertz CT molecular complexity index is 1160. The minimum absolute atomic E-state index is 0.0186. The average Bonchev–Trinajstić information content (AvgIpc) is 3.25. The molecule has 0 aliphatic heterocycles. The number of nitrogens with zero attached hydrogens (tertiary/aromatic N) is 2. The Morgan fingerprint density at radius 2 is 2.04 bits per heavy atom. The van der Waals surface area contributed by atoms with E-state index in [9.17, 15) is 13.6 Å². The second-order valence-electron chi connectivity index (χ2n) is 5.60. The van der Waals surface area contributed by atoms with Crippen molar-refractivity contribution in [3.63, 3.8) is 0 Å². The summed E-state index contributed by atoms with van der Waals surface area (Å²) in [5, 5.41) is 0.119. The maximum absolute atomic E-state index is 13.7. The van der Waals surface area contributed by atoms with Crippen LogP contribution in [0.1, 0.15) is 26.5 Å². The number of hydrogen-bond donors (Lipinski definition) is 1. The molecule has 2 N–H and O–H groups in total. The summed E-state index contributed by atoms with van der Waals surface area (Å²) in [7, 11) is 0. The van der Waals surface area contributed by atoms with Crippen molar-refractivity contribution in [3.8, 4) is 11.3 Å². The third-order valence-electron chi connectivity index (χ3n) is 3.93. The summed E-state index contributed by atoms with van der Waals surface area (Å²) >= 11 is 8.00. The van der Waals surface area contributed by atoms with Gasteiger partial charge in [0.1, 0.15) is 9.71 Å². The third kappa shape index (κ3) is 3.20. The Kier molecular flexibility index (Phi) is 4.63. The summed E-state index contributed by atoms with van der Waals surface area (Å²) < 4.78 is 27.9. The molecule has 4 rings (SSSR count). The molecule has 0 atom stereocenters. The molecular weight excluding hydrogens is 412 g/mol. The van der Waals surface area contributed by atoms with E-state index in [1.165, 1.54) is 6.07 Å². The molecule has 0 bridgehead atoms. The Morgan fingerprint density at radius 3 is 2.67 bits per heavy atom. The molecule has 27 heavy (non-hydrogen) atoms. The largest absolute Gasteiger partial charge is 0.397 e. The number of pyridine rings is 2. The van der Waals surface area contributed by atoms with Crippen LogP contribution >= 0.6 is 34.3 Å². The summed E-state index contributed by atoms with van der Waals surface area (Å²) in [6.07, 6.45) is 0.365. The van der Waals surface area contributed by atoms with Crippen LogP contribution in [0.5, 0.6) is 0 Å². The monoisotopic (exact) mass is 421 g/mol. The Hall–Kier alpha value is -2.42. The van der Waals surface area contributed by atoms with E-state index >= 15 is 0 Å². The van der Waals surface area contributed by atoms with Crippen molar-refractivity contribution >= 4 is 56.0 Å². The van der Waals surface area contributed by atoms with Gasteiger partial charge in [0, 0.05) is 28.9 Å². The van der Waals surface area contributed by atoms with Gasteiger partial charge in [-0.25, -0.2) is 13.8 Å². The average molecular weight is 422 g/mol. The van der Waals surface area contributed by atoms with Crippen molar-refractivity contribution in [3.05, 3.63) is 62.4 Å². The van der Waals surface area contributed by atoms with Gasteiger partial charge in [0.2, 0.25) is 5.78 Å². The van der Waals surface area contributed by atoms with Crippen LogP contribution in [0, 0.1) is 0 Å². The molecule has 136 valence electrons. The van der Waals surface area contributed by atoms with Crippen molar-refractivity contribution in [2.24, 2.45) is 0 Å². The minimum atomic E-state index is -2.76. The van der Waals surface area contributed by atoms with Gasteiger partial charge in [-0.1, -0.05) is 11.6 Å². The maximum Gasteiger partial charge on any atom is 0.264 e. The van der Waals surface area contributed by atoms with Crippen LogP contribution in [0.3, 0.4) is 0 Å². The van der Waals surface area contributed by atoms with E-state index in [4.69, 9.17) is 17.3 Å². The Labute approximate surface area is 165 Å². The van der Waals surface area contributed by atoms with Gasteiger partial charge in [-0.15, -0.1) is 22.7 Å². The predicted molar refractivity (Wildman–Crippen MR) is 105 cm³/mol. The lowest BCUT2D eigenvalue weighted by molar-refractivity contribution is 0.104. The highest BCUT2D eigenvalue weighted by molar-refractivity contribution is 7.23. The van der Waals surface area contributed by atoms with Gasteiger partial charge in [0.25, 0.3) is 6.43 Å². The van der Waals surface area contributed by atoms with Crippen LogP contribution in [0.4, 0.5) is 14.5 Å². The number of nitrogens with two attached hydrogens (primary N) is 1. The highest BCUT2D eigenvalue weighted by Crippen LogP contribution is 2.41. The van der Waals surface area contributed by atoms with Crippen molar-refractivity contribution in [2.75, 3.05) is 5.73 Å². The van der Waals surface area contributed by atoms with Crippen molar-refractivity contribution in [2.45, 2.75) is 6.43 Å². The van der Waals surface area contributed by atoms with Gasteiger partial charge >= 0.3 is 0 Å². The van der Waals surface area contributed by atoms with Gasteiger partial charge in [-0.2, -0.15) is 0 Å². The first-order chi connectivity index (χ1) is 13.0. The van der Waals surface area contributed by atoms with E-state index in [1.54, 1.807) is 36.7 Å². The topological polar surface area (TPSA) is 68.9 Å². The van der Waals surface area contributed by atoms with E-state index in [1.807, 2.05) is 0 Å². The van der Waals surface area contributed by atoms with Crippen molar-refractivity contribution < 1.29 is 13.6 Å². The molecule has 4 aromatic heterocycles. The Morgan fingerprint density at radius 1 is 1.22 bits per heavy atom. The first-order valence-corrected chi connectivity index (χ1v) is 9.68. The number of aromatic nitrogens is 2. The van der Waals surface area contributed by atoms with E-state index in [0.717, 1.165) is 22.7 Å². The number of carbonyl (C=O) groups excluding carboxylic acids is 1. The molecule has 0 aliphatic rings. The summed E-state index contributed by atoms with van der Waals surface area (Å²) in [4.78, 5) is 22.0. The lowest BCUT2D eigenvalue weighted by Crippen LogP contribution is -2.00. The number of thiophene rings is 2. The Balaban J connectivity index is 1.93. The molecule has 0 aliphatic carbocycles. The predicted octanol–water partition coefficient (Wildman–Crippen LogP) is 5.82. The van der Waals surface area contributed by atoms with E-state index in [-0.39, 0.29) is 32.1 Å². The molecule has 0 saturated heterocycles. The molecule has 0 radical (unpaired) electrons. The second-order valence-corrected chi connectivity index (χ2v) is 8.31. The van der Waals surface area contributed by atoms with Crippen LogP contribution in [-0.4, -0.2) is 15.8 Å². The number of hydrogen-bond acceptors (Lipinski definition) is 6. The van der Waals surface area contributed by atoms with E-state index in [0.29, 0.717) is 20.5 Å². The number of anilines is 1. The number of alkyl halides is 2. The van der Waals surface area contributed by atoms with Crippen LogP contribution in [0.25, 0.3) is 21.5 Å². The fourth-order valence-corrected chi connectivity index (χ4v) is 4.84. The fourth-order valence-electron chi connectivity index (χ4n) is 2.70. The minimum Gasteiger partial charge on any atom is -0.397 e. The fraction of sp³-hybridized carbons (Fsp3) is 0.0556. The molecule has 9 heteroatoms. The summed E-state index contributed by atoms with van der Waals surface area (Å²) in [6, 6.07) is 7.91. The number of rotatable bonds is 4. The molecule has 0 aromatic carbocycles. The number of carbonyl (C=O) groups is 1. The number of nitrogen functional groups attached to an aromatic ring is 1. The van der Waals surface area contributed by atoms with Crippen molar-refractivity contribution in [1.82, 2.24) is 9.97 Å². The first kappa shape index (κ1) is 18.0. The zero-order valence-electron chi connectivity index (χ0n) is 13.4.